The Morgan fingerprint density at radius 2 is 1.72 bits per heavy atom. The van der Waals surface area contributed by atoms with Crippen LogP contribution in [-0.4, -0.2) is 12.2 Å². The van der Waals surface area contributed by atoms with Gasteiger partial charge in [0.05, 0.1) is 7.11 Å². The van der Waals surface area contributed by atoms with E-state index in [-0.39, 0.29) is 11.1 Å². The van der Waals surface area contributed by atoms with E-state index in [0.29, 0.717) is 29.3 Å². The van der Waals surface area contributed by atoms with Gasteiger partial charge in [-0.25, -0.2) is 0 Å². The second-order valence-electron chi connectivity index (χ2n) is 6.75. The van der Waals surface area contributed by atoms with Gasteiger partial charge in [0, 0.05) is 5.56 Å². The van der Waals surface area contributed by atoms with Crippen LogP contribution in [0, 0.1) is 6.92 Å². The van der Waals surface area contributed by atoms with E-state index in [2.05, 4.69) is 0 Å². The molecule has 0 aliphatic heterocycles. The van der Waals surface area contributed by atoms with Crippen LogP contribution in [0.1, 0.15) is 11.1 Å². The molecular weight excluding hydrogens is 368 g/mol. The zero-order valence-electron chi connectivity index (χ0n) is 16.1. The van der Waals surface area contributed by atoms with Crippen LogP contribution < -0.4 is 14.9 Å². The van der Waals surface area contributed by atoms with Crippen molar-refractivity contribution >= 4 is 11.0 Å². The first-order valence-electron chi connectivity index (χ1n) is 9.18. The van der Waals surface area contributed by atoms with Crippen LogP contribution in [0.15, 0.2) is 75.9 Å². The molecule has 4 rings (SSSR count). The molecule has 0 amide bonds. The van der Waals surface area contributed by atoms with E-state index in [4.69, 9.17) is 13.9 Å². The van der Waals surface area contributed by atoms with Gasteiger partial charge in [0.25, 0.3) is 0 Å². The maximum Gasteiger partial charge on any atom is 0.238 e. The minimum absolute atomic E-state index is 0.116. The standard InChI is InChI=1S/C24H20O5/c1-15-12-19(27-2)21-20(13-15)29-24(23(26)22(21)25)17-8-10-18(11-9-17)28-14-16-6-4-3-5-7-16/h3-13,26H,14H2,1-2H3. The number of methoxy groups -OCH3 is 1. The average molecular weight is 388 g/mol. The lowest BCUT2D eigenvalue weighted by atomic mass is 10.1. The molecule has 0 aliphatic carbocycles. The highest BCUT2D eigenvalue weighted by atomic mass is 16.5. The molecular formula is C24H20O5. The van der Waals surface area contributed by atoms with E-state index in [1.165, 1.54) is 7.11 Å². The van der Waals surface area contributed by atoms with Crippen LogP contribution in [0.4, 0.5) is 0 Å². The number of rotatable bonds is 5. The molecule has 0 fully saturated rings. The predicted molar refractivity (Wildman–Crippen MR) is 112 cm³/mol. The van der Waals surface area contributed by atoms with E-state index in [1.807, 2.05) is 37.3 Å². The summed E-state index contributed by atoms with van der Waals surface area (Å²) < 4.78 is 16.9. The molecule has 0 unspecified atom stereocenters. The summed E-state index contributed by atoms with van der Waals surface area (Å²) in [5.41, 5.74) is 2.37. The van der Waals surface area contributed by atoms with Gasteiger partial charge in [-0.15, -0.1) is 0 Å². The Balaban J connectivity index is 1.67. The fourth-order valence-corrected chi connectivity index (χ4v) is 3.21. The highest BCUT2D eigenvalue weighted by Crippen LogP contribution is 2.34. The van der Waals surface area contributed by atoms with E-state index < -0.39 is 11.2 Å². The number of benzene rings is 3. The van der Waals surface area contributed by atoms with Gasteiger partial charge < -0.3 is 19.0 Å². The summed E-state index contributed by atoms with van der Waals surface area (Å²) in [6.45, 7) is 2.34. The molecule has 4 aromatic rings. The third kappa shape index (κ3) is 3.67. The lowest BCUT2D eigenvalue weighted by Gasteiger charge is -2.11. The number of aryl methyl sites for hydroxylation is 1. The van der Waals surface area contributed by atoms with E-state index in [0.717, 1.165) is 11.1 Å². The van der Waals surface area contributed by atoms with Gasteiger partial charge in [-0.05, 0) is 54.4 Å². The van der Waals surface area contributed by atoms with E-state index >= 15 is 0 Å². The third-order valence-electron chi connectivity index (χ3n) is 4.66. The molecule has 5 heteroatoms. The van der Waals surface area contributed by atoms with Crippen molar-refractivity contribution in [3.05, 3.63) is 88.1 Å². The molecule has 1 heterocycles. The summed E-state index contributed by atoms with van der Waals surface area (Å²) in [5, 5.41) is 10.7. The molecule has 29 heavy (non-hydrogen) atoms. The summed E-state index contributed by atoms with van der Waals surface area (Å²) in [6.07, 6.45) is 0. The smallest absolute Gasteiger partial charge is 0.238 e. The molecule has 1 aromatic heterocycles. The Kier molecular flexibility index (Phi) is 4.96. The Labute approximate surface area is 167 Å². The first kappa shape index (κ1) is 18.6. The van der Waals surface area contributed by atoms with Crippen molar-refractivity contribution in [2.24, 2.45) is 0 Å². The van der Waals surface area contributed by atoms with Crippen LogP contribution in [-0.2, 0) is 6.61 Å². The summed E-state index contributed by atoms with van der Waals surface area (Å²) in [7, 11) is 1.48. The monoisotopic (exact) mass is 388 g/mol. The Morgan fingerprint density at radius 1 is 1.00 bits per heavy atom. The molecule has 0 spiro atoms. The van der Waals surface area contributed by atoms with Gasteiger partial charge in [-0.3, -0.25) is 4.79 Å². The summed E-state index contributed by atoms with van der Waals surface area (Å²) in [6, 6.07) is 20.4. The van der Waals surface area contributed by atoms with Crippen molar-refractivity contribution in [2.75, 3.05) is 7.11 Å². The second kappa shape index (κ2) is 7.72. The molecule has 146 valence electrons. The number of hydrogen-bond donors (Lipinski definition) is 1. The molecule has 0 atom stereocenters. The zero-order chi connectivity index (χ0) is 20.4. The van der Waals surface area contributed by atoms with Crippen molar-refractivity contribution in [2.45, 2.75) is 13.5 Å². The third-order valence-corrected chi connectivity index (χ3v) is 4.66. The number of aromatic hydroxyl groups is 1. The normalized spacial score (nSPS) is 10.8. The lowest BCUT2D eigenvalue weighted by molar-refractivity contribution is 0.306. The van der Waals surface area contributed by atoms with Gasteiger partial charge in [0.2, 0.25) is 11.2 Å². The topological polar surface area (TPSA) is 68.9 Å². The Hall–Kier alpha value is -3.73. The van der Waals surface area contributed by atoms with Crippen LogP contribution in [0.2, 0.25) is 0 Å². The lowest BCUT2D eigenvalue weighted by Crippen LogP contribution is -2.05. The summed E-state index contributed by atoms with van der Waals surface area (Å²) in [5.74, 6) is 0.723. The highest BCUT2D eigenvalue weighted by molar-refractivity contribution is 5.87. The minimum atomic E-state index is -0.525. The van der Waals surface area contributed by atoms with Crippen molar-refractivity contribution < 1.29 is 19.0 Å². The largest absolute Gasteiger partial charge is 0.502 e. The van der Waals surface area contributed by atoms with Crippen LogP contribution >= 0.6 is 0 Å². The van der Waals surface area contributed by atoms with Crippen LogP contribution in [0.3, 0.4) is 0 Å². The predicted octanol–water partition coefficient (Wildman–Crippen LogP) is 5.06. The van der Waals surface area contributed by atoms with Crippen molar-refractivity contribution in [3.63, 3.8) is 0 Å². The first-order valence-corrected chi connectivity index (χ1v) is 9.18. The van der Waals surface area contributed by atoms with E-state index in [1.54, 1.807) is 36.4 Å². The number of hydrogen-bond acceptors (Lipinski definition) is 5. The molecule has 0 radical (unpaired) electrons. The quantitative estimate of drug-likeness (QED) is 0.517. The molecule has 0 saturated heterocycles. The van der Waals surface area contributed by atoms with Crippen LogP contribution in [0.25, 0.3) is 22.3 Å². The van der Waals surface area contributed by atoms with Crippen molar-refractivity contribution in [1.82, 2.24) is 0 Å². The van der Waals surface area contributed by atoms with Crippen molar-refractivity contribution in [1.29, 1.82) is 0 Å². The molecule has 1 N–H and O–H groups in total. The van der Waals surface area contributed by atoms with Gasteiger partial charge in [-0.2, -0.15) is 0 Å². The second-order valence-corrected chi connectivity index (χ2v) is 6.75. The molecule has 3 aromatic carbocycles. The maximum atomic E-state index is 12.7. The van der Waals surface area contributed by atoms with Gasteiger partial charge >= 0.3 is 0 Å². The molecule has 5 nitrogen and oxygen atoms in total. The fraction of sp³-hybridized carbons (Fsp3) is 0.125. The minimum Gasteiger partial charge on any atom is -0.502 e. The SMILES string of the molecule is COc1cc(C)cc2oc(-c3ccc(OCc4ccccc4)cc3)c(O)c(=O)c12. The fourth-order valence-electron chi connectivity index (χ4n) is 3.21. The zero-order valence-corrected chi connectivity index (χ0v) is 16.1. The Morgan fingerprint density at radius 3 is 2.41 bits per heavy atom. The summed E-state index contributed by atoms with van der Waals surface area (Å²) in [4.78, 5) is 12.7. The molecule has 0 bridgehead atoms. The number of fused-ring (bicyclic) bond motifs is 1. The molecule has 0 saturated carbocycles. The average Bonchev–Trinajstić information content (AvgIpc) is 2.75. The van der Waals surface area contributed by atoms with Gasteiger partial charge in [0.1, 0.15) is 29.1 Å². The highest BCUT2D eigenvalue weighted by Gasteiger charge is 2.18. The van der Waals surface area contributed by atoms with Crippen molar-refractivity contribution in [3.8, 4) is 28.6 Å². The van der Waals surface area contributed by atoms with E-state index in [9.17, 15) is 9.90 Å². The molecule has 0 aliphatic rings. The maximum absolute atomic E-state index is 12.7. The van der Waals surface area contributed by atoms with Gasteiger partial charge in [0.15, 0.2) is 5.76 Å². The Bertz CT molecular complexity index is 1210. The first-order chi connectivity index (χ1) is 14.1. The van der Waals surface area contributed by atoms with Crippen LogP contribution in [0.5, 0.6) is 17.2 Å². The number of ether oxygens (including phenoxy) is 2. The van der Waals surface area contributed by atoms with Gasteiger partial charge in [-0.1, -0.05) is 30.3 Å². The summed E-state index contributed by atoms with van der Waals surface area (Å²) >= 11 is 0.